The van der Waals surface area contributed by atoms with E-state index in [0.717, 1.165) is 12.1 Å². The van der Waals surface area contributed by atoms with E-state index in [-0.39, 0.29) is 0 Å². The van der Waals surface area contributed by atoms with E-state index in [0.29, 0.717) is 11.5 Å². The van der Waals surface area contributed by atoms with Crippen molar-refractivity contribution in [2.45, 2.75) is 25.2 Å². The summed E-state index contributed by atoms with van der Waals surface area (Å²) in [7, 11) is -3.68. The molecular formula is C6H14O2SSi. The van der Waals surface area contributed by atoms with E-state index in [4.69, 9.17) is 0 Å². The smallest absolute Gasteiger partial charge is 0.149 e. The van der Waals surface area contributed by atoms with Crippen LogP contribution in [-0.2, 0) is 9.84 Å². The molecule has 1 rings (SSSR count). The molecular weight excluding hydrogens is 164 g/mol. The number of sulfone groups is 1. The zero-order valence-electron chi connectivity index (χ0n) is 6.55. The summed E-state index contributed by atoms with van der Waals surface area (Å²) in [6.07, 6.45) is 0. The maximum Gasteiger partial charge on any atom is 0.149 e. The molecule has 0 saturated carbocycles. The van der Waals surface area contributed by atoms with Crippen molar-refractivity contribution in [2.24, 2.45) is 0 Å². The molecule has 1 fully saturated rings. The van der Waals surface area contributed by atoms with Crippen LogP contribution in [0.15, 0.2) is 0 Å². The highest BCUT2D eigenvalue weighted by atomic mass is 32.2. The molecule has 0 radical (unpaired) electrons. The van der Waals surface area contributed by atoms with Crippen LogP contribution in [0, 0.1) is 0 Å². The summed E-state index contributed by atoms with van der Waals surface area (Å²) in [5.74, 6) is 0.901. The van der Waals surface area contributed by atoms with Gasteiger partial charge in [-0.05, 0) is 12.1 Å². The first-order chi connectivity index (χ1) is 4.41. The van der Waals surface area contributed by atoms with Gasteiger partial charge in [0.15, 0.2) is 0 Å². The Morgan fingerprint density at radius 3 is 1.80 bits per heavy atom. The van der Waals surface area contributed by atoms with Crippen LogP contribution in [0.25, 0.3) is 0 Å². The molecule has 0 spiro atoms. The minimum Gasteiger partial charge on any atom is -0.229 e. The molecule has 0 atom stereocenters. The number of rotatable bonds is 0. The van der Waals surface area contributed by atoms with Crippen LogP contribution in [0.3, 0.4) is 0 Å². The first kappa shape index (κ1) is 8.27. The van der Waals surface area contributed by atoms with Gasteiger partial charge in [0, 0.05) is 19.6 Å². The Hall–Kier alpha value is 0.167. The Morgan fingerprint density at radius 2 is 1.50 bits per heavy atom. The molecule has 1 saturated heterocycles. The van der Waals surface area contributed by atoms with Gasteiger partial charge < -0.3 is 0 Å². The van der Waals surface area contributed by atoms with Gasteiger partial charge >= 0.3 is 0 Å². The van der Waals surface area contributed by atoms with Crippen LogP contribution in [0.5, 0.6) is 0 Å². The van der Waals surface area contributed by atoms with Gasteiger partial charge in [-0.3, -0.25) is 0 Å². The molecule has 1 aliphatic rings. The predicted octanol–water partition coefficient (Wildman–Crippen LogP) is 1.12. The first-order valence-corrected chi connectivity index (χ1v) is 8.85. The van der Waals surface area contributed by atoms with Gasteiger partial charge in [-0.1, -0.05) is 13.1 Å². The molecule has 10 heavy (non-hydrogen) atoms. The van der Waals surface area contributed by atoms with Crippen molar-refractivity contribution in [3.05, 3.63) is 0 Å². The van der Waals surface area contributed by atoms with Gasteiger partial charge in [-0.2, -0.15) is 0 Å². The fraction of sp³-hybridized carbons (Fsp3) is 1.00. The Kier molecular flexibility index (Phi) is 1.93. The van der Waals surface area contributed by atoms with Crippen molar-refractivity contribution in [2.75, 3.05) is 11.5 Å². The second-order valence-electron chi connectivity index (χ2n) is 3.82. The van der Waals surface area contributed by atoms with Crippen molar-refractivity contribution in [1.29, 1.82) is 0 Å². The van der Waals surface area contributed by atoms with Crippen LogP contribution < -0.4 is 0 Å². The first-order valence-electron chi connectivity index (χ1n) is 3.62. The summed E-state index contributed by atoms with van der Waals surface area (Å²) in [4.78, 5) is 0. The fourth-order valence-corrected chi connectivity index (χ4v) is 8.45. The largest absolute Gasteiger partial charge is 0.229 e. The Labute approximate surface area is 63.6 Å². The highest BCUT2D eigenvalue weighted by Gasteiger charge is 2.30. The Morgan fingerprint density at radius 1 is 1.10 bits per heavy atom. The van der Waals surface area contributed by atoms with Crippen molar-refractivity contribution in [3.8, 4) is 0 Å². The molecule has 0 aliphatic carbocycles. The van der Waals surface area contributed by atoms with E-state index in [1.807, 2.05) is 0 Å². The molecule has 0 amide bonds. The maximum absolute atomic E-state index is 11.0. The lowest BCUT2D eigenvalue weighted by molar-refractivity contribution is 0.596. The van der Waals surface area contributed by atoms with Crippen LogP contribution in [0.4, 0.5) is 0 Å². The third-order valence-electron chi connectivity index (χ3n) is 2.18. The predicted molar refractivity (Wildman–Crippen MR) is 45.7 cm³/mol. The lowest BCUT2D eigenvalue weighted by atomic mass is 10.9. The summed E-state index contributed by atoms with van der Waals surface area (Å²) in [5, 5.41) is 0. The topological polar surface area (TPSA) is 34.1 Å². The lowest BCUT2D eigenvalue weighted by Crippen LogP contribution is -2.36. The molecule has 1 aliphatic heterocycles. The molecule has 60 valence electrons. The molecule has 0 bridgehead atoms. The quantitative estimate of drug-likeness (QED) is 0.521. The van der Waals surface area contributed by atoms with Gasteiger partial charge in [0.1, 0.15) is 9.84 Å². The minimum atomic E-state index is -2.62. The van der Waals surface area contributed by atoms with Gasteiger partial charge in [0.25, 0.3) is 0 Å². The van der Waals surface area contributed by atoms with Crippen molar-refractivity contribution < 1.29 is 8.42 Å². The molecule has 0 unspecified atom stereocenters. The van der Waals surface area contributed by atoms with E-state index in [1.165, 1.54) is 0 Å². The average Bonchev–Trinajstić information content (AvgIpc) is 1.79. The molecule has 0 aromatic rings. The second-order valence-corrected chi connectivity index (χ2v) is 11.4. The number of hydrogen-bond donors (Lipinski definition) is 0. The molecule has 0 aromatic heterocycles. The standard InChI is InChI=1S/C6H14O2SSi/c1-10(2)5-3-9(7,8)4-6-10/h3-6H2,1-2H3. The van der Waals surface area contributed by atoms with E-state index >= 15 is 0 Å². The van der Waals surface area contributed by atoms with Crippen molar-refractivity contribution in [1.82, 2.24) is 0 Å². The van der Waals surface area contributed by atoms with Gasteiger partial charge in [0.2, 0.25) is 0 Å². The van der Waals surface area contributed by atoms with E-state index < -0.39 is 17.9 Å². The lowest BCUT2D eigenvalue weighted by Gasteiger charge is -2.26. The molecule has 0 N–H and O–H groups in total. The van der Waals surface area contributed by atoms with Crippen LogP contribution in [0.1, 0.15) is 0 Å². The highest BCUT2D eigenvalue weighted by molar-refractivity contribution is 7.91. The van der Waals surface area contributed by atoms with Crippen molar-refractivity contribution >= 4 is 17.9 Å². The third-order valence-corrected chi connectivity index (χ3v) is 7.76. The van der Waals surface area contributed by atoms with Gasteiger partial charge in [-0.25, -0.2) is 8.42 Å². The van der Waals surface area contributed by atoms with Crippen LogP contribution >= 0.6 is 0 Å². The maximum atomic E-state index is 11.0. The zero-order valence-corrected chi connectivity index (χ0v) is 8.37. The SMILES string of the molecule is C[Si]1(C)CCS(=O)(=O)CC1. The molecule has 4 heteroatoms. The summed E-state index contributed by atoms with van der Waals surface area (Å²) in [6, 6.07) is 1.94. The van der Waals surface area contributed by atoms with E-state index in [1.54, 1.807) is 0 Å². The van der Waals surface area contributed by atoms with Gasteiger partial charge in [0.05, 0.1) is 0 Å². The molecule has 1 heterocycles. The normalized spacial score (nSPS) is 29.8. The summed E-state index contributed by atoms with van der Waals surface area (Å²) < 4.78 is 21.9. The molecule has 0 aromatic carbocycles. The Bertz CT molecular complexity index is 202. The summed E-state index contributed by atoms with van der Waals surface area (Å²) in [5.41, 5.74) is 0. The molecule has 2 nitrogen and oxygen atoms in total. The Balaban J connectivity index is 2.63. The monoisotopic (exact) mass is 178 g/mol. The fourth-order valence-electron chi connectivity index (χ4n) is 1.09. The van der Waals surface area contributed by atoms with Gasteiger partial charge in [-0.15, -0.1) is 0 Å². The van der Waals surface area contributed by atoms with Crippen LogP contribution in [0.2, 0.25) is 25.2 Å². The summed E-state index contributed by atoms with van der Waals surface area (Å²) in [6.45, 7) is 4.53. The van der Waals surface area contributed by atoms with Crippen molar-refractivity contribution in [3.63, 3.8) is 0 Å². The second kappa shape index (κ2) is 2.34. The average molecular weight is 178 g/mol. The summed E-state index contributed by atoms with van der Waals surface area (Å²) >= 11 is 0. The van der Waals surface area contributed by atoms with E-state index in [9.17, 15) is 8.42 Å². The number of hydrogen-bond acceptors (Lipinski definition) is 2. The van der Waals surface area contributed by atoms with Crippen LogP contribution in [-0.4, -0.2) is 28.0 Å². The van der Waals surface area contributed by atoms with E-state index in [2.05, 4.69) is 13.1 Å². The minimum absolute atomic E-state index is 0.451. The highest BCUT2D eigenvalue weighted by Crippen LogP contribution is 2.22. The third kappa shape index (κ3) is 2.09. The zero-order chi connectivity index (χ0) is 7.83.